The molecule has 25 heavy (non-hydrogen) atoms. The zero-order valence-electron chi connectivity index (χ0n) is 14.1. The van der Waals surface area contributed by atoms with E-state index in [1.807, 2.05) is 24.0 Å². The lowest BCUT2D eigenvalue weighted by molar-refractivity contribution is 0.256. The average molecular weight is 348 g/mol. The topological polar surface area (TPSA) is 44.3 Å². The Labute approximate surface area is 151 Å². The number of amidine groups is 1. The number of nitrogens with zero attached hydrogens (tertiary/aromatic N) is 3. The fourth-order valence-electron chi connectivity index (χ4n) is 4.03. The molecule has 4 nitrogen and oxygen atoms in total. The summed E-state index contributed by atoms with van der Waals surface area (Å²) < 4.78 is 0. The third-order valence-corrected chi connectivity index (χ3v) is 6.40. The number of pyridine rings is 1. The molecule has 3 aromatic rings. The van der Waals surface area contributed by atoms with Crippen LogP contribution in [-0.4, -0.2) is 31.8 Å². The lowest BCUT2D eigenvalue weighted by Gasteiger charge is -2.31. The van der Waals surface area contributed by atoms with Gasteiger partial charge in [-0.15, -0.1) is 0 Å². The summed E-state index contributed by atoms with van der Waals surface area (Å²) in [6.45, 7) is 2.27. The Bertz CT molecular complexity index is 933. The minimum atomic E-state index is 0.0530. The van der Waals surface area contributed by atoms with E-state index in [-0.39, 0.29) is 12.1 Å². The molecule has 0 amide bonds. The quantitative estimate of drug-likeness (QED) is 0.755. The maximum Gasteiger partial charge on any atom is 0.160 e. The highest BCUT2D eigenvalue weighted by Crippen LogP contribution is 2.49. The van der Waals surface area contributed by atoms with Gasteiger partial charge in [-0.3, -0.25) is 9.98 Å². The first-order valence-corrected chi connectivity index (χ1v) is 9.81. The van der Waals surface area contributed by atoms with Crippen LogP contribution in [0.25, 0.3) is 10.9 Å². The van der Waals surface area contributed by atoms with Crippen molar-refractivity contribution in [3.05, 3.63) is 66.1 Å². The summed E-state index contributed by atoms with van der Waals surface area (Å²) in [4.78, 5) is 15.7. The molecule has 1 fully saturated rings. The standard InChI is InChI=1S/C20H20N4S/c1-2-13-12-25-20-23-18(17-9-5-6-10-21-17)19(24(13)20)15-11-22-16-8-4-3-7-14(15)16/h3-11,13,18-19,22H,2,12H2,1H3/t13-,18+,19+/m1/s1. The molecule has 3 atom stereocenters. The molecule has 1 N–H and O–H groups in total. The molecule has 0 aliphatic carbocycles. The molecule has 5 heteroatoms. The Morgan fingerprint density at radius 2 is 2.08 bits per heavy atom. The van der Waals surface area contributed by atoms with Crippen molar-refractivity contribution in [2.24, 2.45) is 4.99 Å². The number of aromatic amines is 1. The number of hydrogen-bond acceptors (Lipinski definition) is 4. The Morgan fingerprint density at radius 1 is 1.20 bits per heavy atom. The predicted octanol–water partition coefficient (Wildman–Crippen LogP) is 4.54. The Hall–Kier alpha value is -2.27. The maximum absolute atomic E-state index is 5.09. The van der Waals surface area contributed by atoms with E-state index in [1.54, 1.807) is 0 Å². The fraction of sp³-hybridized carbons (Fsp3) is 0.300. The van der Waals surface area contributed by atoms with Gasteiger partial charge in [0.2, 0.25) is 0 Å². The zero-order chi connectivity index (χ0) is 16.8. The largest absolute Gasteiger partial charge is 0.361 e. The molecule has 0 unspecified atom stereocenters. The lowest BCUT2D eigenvalue weighted by atomic mass is 9.95. The molecule has 0 saturated carbocycles. The molecule has 1 aromatic carbocycles. The van der Waals surface area contributed by atoms with Crippen LogP contribution in [0.5, 0.6) is 0 Å². The van der Waals surface area contributed by atoms with Crippen molar-refractivity contribution in [2.45, 2.75) is 31.5 Å². The van der Waals surface area contributed by atoms with E-state index in [1.165, 1.54) is 21.6 Å². The minimum absolute atomic E-state index is 0.0530. The molecule has 2 aliphatic rings. The molecule has 2 aliphatic heterocycles. The van der Waals surface area contributed by atoms with Crippen molar-refractivity contribution >= 4 is 27.8 Å². The van der Waals surface area contributed by atoms with E-state index >= 15 is 0 Å². The Balaban J connectivity index is 1.67. The van der Waals surface area contributed by atoms with Gasteiger partial charge in [0.1, 0.15) is 6.04 Å². The number of aliphatic imine (C=N–C) groups is 1. The normalized spacial score (nSPS) is 25.4. The Morgan fingerprint density at radius 3 is 2.92 bits per heavy atom. The van der Waals surface area contributed by atoms with Gasteiger partial charge >= 0.3 is 0 Å². The molecule has 2 aromatic heterocycles. The third-order valence-electron chi connectivity index (χ3n) is 5.27. The van der Waals surface area contributed by atoms with Crippen LogP contribution in [0.4, 0.5) is 0 Å². The van der Waals surface area contributed by atoms with E-state index in [2.05, 4.69) is 64.4 Å². The van der Waals surface area contributed by atoms with Gasteiger partial charge in [0.05, 0.1) is 11.7 Å². The number of nitrogens with one attached hydrogen (secondary N) is 1. The van der Waals surface area contributed by atoms with E-state index in [0.29, 0.717) is 6.04 Å². The maximum atomic E-state index is 5.09. The number of thioether (sulfide) groups is 1. The van der Waals surface area contributed by atoms with Crippen LogP contribution in [-0.2, 0) is 0 Å². The number of benzene rings is 1. The summed E-state index contributed by atoms with van der Waals surface area (Å²) in [5.74, 6) is 1.13. The molecule has 126 valence electrons. The van der Waals surface area contributed by atoms with E-state index in [0.717, 1.165) is 17.9 Å². The van der Waals surface area contributed by atoms with Crippen LogP contribution in [0.2, 0.25) is 0 Å². The summed E-state index contributed by atoms with van der Waals surface area (Å²) in [6.07, 6.45) is 5.18. The van der Waals surface area contributed by atoms with Crippen LogP contribution in [0.15, 0.2) is 59.9 Å². The van der Waals surface area contributed by atoms with Crippen molar-refractivity contribution in [3.63, 3.8) is 0 Å². The number of hydrogen-bond donors (Lipinski definition) is 1. The first kappa shape index (κ1) is 15.0. The number of aromatic nitrogens is 2. The van der Waals surface area contributed by atoms with Gasteiger partial charge in [-0.25, -0.2) is 0 Å². The highest BCUT2D eigenvalue weighted by atomic mass is 32.2. The van der Waals surface area contributed by atoms with Gasteiger partial charge in [0.25, 0.3) is 0 Å². The number of fused-ring (bicyclic) bond motifs is 2. The van der Waals surface area contributed by atoms with Crippen molar-refractivity contribution in [1.82, 2.24) is 14.9 Å². The van der Waals surface area contributed by atoms with Crippen molar-refractivity contribution in [2.75, 3.05) is 5.75 Å². The highest BCUT2D eigenvalue weighted by molar-refractivity contribution is 8.14. The van der Waals surface area contributed by atoms with E-state index < -0.39 is 0 Å². The summed E-state index contributed by atoms with van der Waals surface area (Å²) in [5, 5.41) is 2.47. The average Bonchev–Trinajstić information content (AvgIpc) is 3.35. The van der Waals surface area contributed by atoms with Gasteiger partial charge in [-0.2, -0.15) is 0 Å². The number of para-hydroxylation sites is 1. The molecular formula is C20H20N4S. The second-order valence-corrected chi connectivity index (χ2v) is 7.61. The first-order valence-electron chi connectivity index (χ1n) is 8.82. The van der Waals surface area contributed by atoms with Gasteiger partial charge in [-0.1, -0.05) is 43.0 Å². The summed E-state index contributed by atoms with van der Waals surface area (Å²) >= 11 is 1.89. The van der Waals surface area contributed by atoms with E-state index in [9.17, 15) is 0 Å². The molecule has 0 radical (unpaired) electrons. The van der Waals surface area contributed by atoms with Crippen LogP contribution >= 0.6 is 11.8 Å². The third kappa shape index (κ3) is 2.29. The van der Waals surface area contributed by atoms with Crippen molar-refractivity contribution in [3.8, 4) is 0 Å². The second-order valence-electron chi connectivity index (χ2n) is 6.63. The van der Waals surface area contributed by atoms with Crippen molar-refractivity contribution in [1.29, 1.82) is 0 Å². The Kier molecular flexibility index (Phi) is 3.55. The predicted molar refractivity (Wildman–Crippen MR) is 104 cm³/mol. The van der Waals surface area contributed by atoms with Gasteiger partial charge in [0, 0.05) is 40.7 Å². The molecular weight excluding hydrogens is 328 g/mol. The molecule has 5 rings (SSSR count). The summed E-state index contributed by atoms with van der Waals surface area (Å²) in [5.41, 5.74) is 3.56. The van der Waals surface area contributed by atoms with Gasteiger partial charge < -0.3 is 9.88 Å². The highest BCUT2D eigenvalue weighted by Gasteiger charge is 2.46. The fourth-order valence-corrected chi connectivity index (χ4v) is 5.36. The van der Waals surface area contributed by atoms with Crippen LogP contribution in [0, 0.1) is 0 Å². The zero-order valence-corrected chi connectivity index (χ0v) is 14.9. The lowest BCUT2D eigenvalue weighted by Crippen LogP contribution is -2.35. The van der Waals surface area contributed by atoms with Crippen molar-refractivity contribution < 1.29 is 0 Å². The SMILES string of the molecule is CC[C@@H]1CSC2=N[C@@H](c3ccccn3)[C@H](c3c[nH]c4ccccc34)N21. The van der Waals surface area contributed by atoms with Crippen LogP contribution in [0.1, 0.15) is 36.7 Å². The second kappa shape index (κ2) is 5.92. The summed E-state index contributed by atoms with van der Waals surface area (Å²) in [7, 11) is 0. The van der Waals surface area contributed by atoms with E-state index in [4.69, 9.17) is 4.99 Å². The summed E-state index contributed by atoms with van der Waals surface area (Å²) in [6, 6.07) is 15.5. The minimum Gasteiger partial charge on any atom is -0.361 e. The molecule has 1 saturated heterocycles. The van der Waals surface area contributed by atoms with Crippen LogP contribution in [0.3, 0.4) is 0 Å². The van der Waals surface area contributed by atoms with Gasteiger partial charge in [0.15, 0.2) is 5.17 Å². The molecule has 0 bridgehead atoms. The number of H-pyrrole nitrogens is 1. The first-order chi connectivity index (χ1) is 12.4. The molecule has 0 spiro atoms. The smallest absolute Gasteiger partial charge is 0.160 e. The molecule has 4 heterocycles. The monoisotopic (exact) mass is 348 g/mol. The number of rotatable bonds is 3. The van der Waals surface area contributed by atoms with Gasteiger partial charge in [-0.05, 0) is 24.6 Å². The van der Waals surface area contributed by atoms with Crippen LogP contribution < -0.4 is 0 Å².